The van der Waals surface area contributed by atoms with Crippen LogP contribution in [-0.4, -0.2) is 19.1 Å². The first kappa shape index (κ1) is 14.7. The fraction of sp³-hybridized carbons (Fsp3) is 0.625. The molecule has 0 amide bonds. The lowest BCUT2D eigenvalue weighted by molar-refractivity contribution is 0.485. The Labute approximate surface area is 122 Å². The van der Waals surface area contributed by atoms with Crippen molar-refractivity contribution in [1.29, 1.82) is 0 Å². The monoisotopic (exact) mass is 280 g/mol. The van der Waals surface area contributed by atoms with Gasteiger partial charge in [-0.05, 0) is 57.4 Å². The number of anilines is 1. The third kappa shape index (κ3) is 3.43. The van der Waals surface area contributed by atoms with Crippen molar-refractivity contribution in [3.63, 3.8) is 0 Å². The van der Waals surface area contributed by atoms with E-state index in [1.807, 2.05) is 0 Å². The van der Waals surface area contributed by atoms with Gasteiger partial charge in [-0.3, -0.25) is 0 Å². The summed E-state index contributed by atoms with van der Waals surface area (Å²) in [6.07, 6.45) is 3.88. The maximum Gasteiger partial charge on any atom is 0.0642 e. The molecule has 0 radical (unpaired) electrons. The number of nitrogens with zero attached hydrogens (tertiary/aromatic N) is 1. The second-order valence-electron chi connectivity index (χ2n) is 5.53. The van der Waals surface area contributed by atoms with Gasteiger partial charge in [0.15, 0.2) is 0 Å². The quantitative estimate of drug-likeness (QED) is 0.880. The molecular formula is C16H25ClN2. The van der Waals surface area contributed by atoms with E-state index < -0.39 is 0 Å². The van der Waals surface area contributed by atoms with Gasteiger partial charge in [-0.1, -0.05) is 24.6 Å². The molecule has 0 saturated carbocycles. The molecule has 0 aliphatic carbocycles. The van der Waals surface area contributed by atoms with Gasteiger partial charge in [-0.2, -0.15) is 0 Å². The van der Waals surface area contributed by atoms with Crippen LogP contribution in [0.4, 0.5) is 5.69 Å². The molecule has 0 bridgehead atoms. The summed E-state index contributed by atoms with van der Waals surface area (Å²) in [5.74, 6) is 0. The predicted molar refractivity (Wildman–Crippen MR) is 84.2 cm³/mol. The van der Waals surface area contributed by atoms with Crippen LogP contribution >= 0.6 is 11.6 Å². The molecule has 1 heterocycles. The van der Waals surface area contributed by atoms with Gasteiger partial charge in [0.2, 0.25) is 0 Å². The average molecular weight is 281 g/mol. The minimum atomic E-state index is 0.357. The molecular weight excluding hydrogens is 256 g/mol. The Bertz CT molecular complexity index is 419. The fourth-order valence-electron chi connectivity index (χ4n) is 2.91. The van der Waals surface area contributed by atoms with Gasteiger partial charge in [-0.15, -0.1) is 0 Å². The van der Waals surface area contributed by atoms with E-state index in [9.17, 15) is 0 Å². The van der Waals surface area contributed by atoms with E-state index in [-0.39, 0.29) is 0 Å². The predicted octanol–water partition coefficient (Wildman–Crippen LogP) is 4.39. The van der Waals surface area contributed by atoms with E-state index in [0.717, 1.165) is 18.1 Å². The van der Waals surface area contributed by atoms with Crippen molar-refractivity contribution in [1.82, 2.24) is 5.32 Å². The third-order valence-electron chi connectivity index (χ3n) is 4.09. The van der Waals surface area contributed by atoms with Gasteiger partial charge in [-0.25, -0.2) is 0 Å². The van der Waals surface area contributed by atoms with E-state index >= 15 is 0 Å². The van der Waals surface area contributed by atoms with Gasteiger partial charge in [0.05, 0.1) is 10.7 Å². The molecule has 19 heavy (non-hydrogen) atoms. The summed E-state index contributed by atoms with van der Waals surface area (Å²) in [7, 11) is 0. The Morgan fingerprint density at radius 3 is 2.84 bits per heavy atom. The molecule has 0 aromatic heterocycles. The SMILES string of the molecule is CCNC(C)c1ccc(N2CCCCC2C)c(Cl)c1. The molecule has 1 N–H and O–H groups in total. The number of piperidine rings is 1. The van der Waals surface area contributed by atoms with Crippen molar-refractivity contribution in [2.24, 2.45) is 0 Å². The molecule has 2 unspecified atom stereocenters. The average Bonchev–Trinajstić information content (AvgIpc) is 2.40. The van der Waals surface area contributed by atoms with Gasteiger partial charge in [0.1, 0.15) is 0 Å². The van der Waals surface area contributed by atoms with Gasteiger partial charge in [0, 0.05) is 18.6 Å². The summed E-state index contributed by atoms with van der Waals surface area (Å²) in [5.41, 5.74) is 2.46. The van der Waals surface area contributed by atoms with Gasteiger partial charge in [0.25, 0.3) is 0 Å². The summed E-state index contributed by atoms with van der Waals surface area (Å²) in [5, 5.41) is 4.31. The van der Waals surface area contributed by atoms with Crippen LogP contribution in [0.25, 0.3) is 0 Å². The molecule has 1 aliphatic heterocycles. The first-order valence-electron chi connectivity index (χ1n) is 7.43. The third-order valence-corrected chi connectivity index (χ3v) is 4.40. The minimum absolute atomic E-state index is 0.357. The molecule has 3 heteroatoms. The highest BCUT2D eigenvalue weighted by Crippen LogP contribution is 2.33. The molecule has 1 fully saturated rings. The minimum Gasteiger partial charge on any atom is -0.368 e. The largest absolute Gasteiger partial charge is 0.368 e. The Morgan fingerprint density at radius 1 is 1.42 bits per heavy atom. The topological polar surface area (TPSA) is 15.3 Å². The summed E-state index contributed by atoms with van der Waals surface area (Å²) in [6.45, 7) is 8.71. The Morgan fingerprint density at radius 2 is 2.21 bits per heavy atom. The highest BCUT2D eigenvalue weighted by atomic mass is 35.5. The van der Waals surface area contributed by atoms with E-state index in [4.69, 9.17) is 11.6 Å². The zero-order chi connectivity index (χ0) is 13.8. The fourth-order valence-corrected chi connectivity index (χ4v) is 3.20. The zero-order valence-corrected chi connectivity index (χ0v) is 13.0. The van der Waals surface area contributed by atoms with Crippen LogP contribution in [0.3, 0.4) is 0 Å². The van der Waals surface area contributed by atoms with E-state index in [2.05, 4.69) is 49.2 Å². The van der Waals surface area contributed by atoms with Gasteiger partial charge >= 0.3 is 0 Å². The number of hydrogen-bond donors (Lipinski definition) is 1. The summed E-state index contributed by atoms with van der Waals surface area (Å²) >= 11 is 6.50. The molecule has 2 nitrogen and oxygen atoms in total. The normalized spacial score (nSPS) is 21.5. The second-order valence-corrected chi connectivity index (χ2v) is 5.94. The van der Waals surface area contributed by atoms with Crippen LogP contribution in [-0.2, 0) is 0 Å². The standard InChI is InChI=1S/C16H25ClN2/c1-4-18-13(3)14-8-9-16(15(17)11-14)19-10-6-5-7-12(19)2/h8-9,11-13,18H,4-7,10H2,1-3H3. The molecule has 106 valence electrons. The van der Waals surface area contributed by atoms with Crippen molar-refractivity contribution < 1.29 is 0 Å². The lowest BCUT2D eigenvalue weighted by Gasteiger charge is -2.36. The van der Waals surface area contributed by atoms with Crippen LogP contribution in [0.5, 0.6) is 0 Å². The Hall–Kier alpha value is -0.730. The highest BCUT2D eigenvalue weighted by molar-refractivity contribution is 6.33. The van der Waals surface area contributed by atoms with Crippen molar-refractivity contribution in [3.8, 4) is 0 Å². The first-order chi connectivity index (χ1) is 9.13. The van der Waals surface area contributed by atoms with E-state index in [0.29, 0.717) is 12.1 Å². The molecule has 1 aliphatic rings. The van der Waals surface area contributed by atoms with E-state index in [1.54, 1.807) is 0 Å². The molecule has 1 saturated heterocycles. The number of halogens is 1. The Kier molecular flexibility index (Phi) is 5.12. The van der Waals surface area contributed by atoms with E-state index in [1.165, 1.54) is 30.5 Å². The van der Waals surface area contributed by atoms with Crippen molar-refractivity contribution >= 4 is 17.3 Å². The highest BCUT2D eigenvalue weighted by Gasteiger charge is 2.20. The number of hydrogen-bond acceptors (Lipinski definition) is 2. The molecule has 0 spiro atoms. The first-order valence-corrected chi connectivity index (χ1v) is 7.80. The van der Waals surface area contributed by atoms with Crippen LogP contribution in [0, 0.1) is 0 Å². The molecule has 2 atom stereocenters. The maximum atomic E-state index is 6.50. The lowest BCUT2D eigenvalue weighted by atomic mass is 10.0. The summed E-state index contributed by atoms with van der Waals surface area (Å²) in [4.78, 5) is 2.45. The van der Waals surface area contributed by atoms with Crippen LogP contribution < -0.4 is 10.2 Å². The Balaban J connectivity index is 2.18. The zero-order valence-electron chi connectivity index (χ0n) is 12.2. The van der Waals surface area contributed by atoms with Crippen LogP contribution in [0.1, 0.15) is 51.6 Å². The van der Waals surface area contributed by atoms with Crippen LogP contribution in [0.15, 0.2) is 18.2 Å². The van der Waals surface area contributed by atoms with Gasteiger partial charge < -0.3 is 10.2 Å². The molecule has 2 rings (SSSR count). The molecule has 1 aromatic rings. The molecule has 1 aromatic carbocycles. The second kappa shape index (κ2) is 6.62. The number of benzene rings is 1. The van der Waals surface area contributed by atoms with Crippen molar-refractivity contribution in [2.45, 2.75) is 52.1 Å². The maximum absolute atomic E-state index is 6.50. The van der Waals surface area contributed by atoms with Crippen molar-refractivity contribution in [3.05, 3.63) is 28.8 Å². The number of rotatable bonds is 4. The lowest BCUT2D eigenvalue weighted by Crippen LogP contribution is -2.37. The van der Waals surface area contributed by atoms with Crippen LogP contribution in [0.2, 0.25) is 5.02 Å². The summed E-state index contributed by atoms with van der Waals surface area (Å²) in [6, 6.07) is 7.47. The summed E-state index contributed by atoms with van der Waals surface area (Å²) < 4.78 is 0. The smallest absolute Gasteiger partial charge is 0.0642 e. The number of nitrogens with one attached hydrogen (secondary N) is 1. The van der Waals surface area contributed by atoms with Crippen molar-refractivity contribution in [2.75, 3.05) is 18.0 Å².